The van der Waals surface area contributed by atoms with Crippen LogP contribution in [0.2, 0.25) is 0 Å². The van der Waals surface area contributed by atoms with Crippen LogP contribution in [0.5, 0.6) is 0 Å². The fraction of sp³-hybridized carbons (Fsp3) is 0.556. The molecule has 1 aromatic carbocycles. The fourth-order valence-corrected chi connectivity index (χ4v) is 3.11. The summed E-state index contributed by atoms with van der Waals surface area (Å²) in [5.74, 6) is -1.01. The first kappa shape index (κ1) is 17.5. The zero-order valence-electron chi connectivity index (χ0n) is 14.0. The fourth-order valence-electron chi connectivity index (χ4n) is 3.11. The average Bonchev–Trinajstić information content (AvgIpc) is 2.61. The van der Waals surface area contributed by atoms with Crippen molar-refractivity contribution in [1.82, 2.24) is 4.90 Å². The molecule has 1 atom stereocenters. The van der Waals surface area contributed by atoms with Crippen molar-refractivity contribution in [3.8, 4) is 0 Å². The maximum atomic E-state index is 12.4. The number of nitrogens with zero attached hydrogens (tertiary/aromatic N) is 1. The Bertz CT molecular complexity index is 549. The first-order valence-electron chi connectivity index (χ1n) is 8.42. The second-order valence-electron chi connectivity index (χ2n) is 6.05. The largest absolute Gasteiger partial charge is 0.396 e. The van der Waals surface area contributed by atoms with Crippen molar-refractivity contribution in [1.29, 1.82) is 0 Å². The van der Waals surface area contributed by atoms with Crippen molar-refractivity contribution in [2.24, 2.45) is 5.92 Å². The molecule has 5 nitrogen and oxygen atoms in total. The average molecular weight is 318 g/mol. The van der Waals surface area contributed by atoms with Crippen molar-refractivity contribution in [2.45, 2.75) is 39.5 Å². The van der Waals surface area contributed by atoms with Crippen LogP contribution in [0.3, 0.4) is 0 Å². The number of amides is 2. The summed E-state index contributed by atoms with van der Waals surface area (Å²) in [4.78, 5) is 26.3. The molecule has 0 saturated carbocycles. The maximum absolute atomic E-state index is 12.4. The van der Waals surface area contributed by atoms with E-state index < -0.39 is 11.8 Å². The van der Waals surface area contributed by atoms with Crippen molar-refractivity contribution in [2.75, 3.05) is 25.0 Å². The summed E-state index contributed by atoms with van der Waals surface area (Å²) in [6.45, 7) is 5.16. The van der Waals surface area contributed by atoms with Gasteiger partial charge in [-0.25, -0.2) is 0 Å². The number of benzene rings is 1. The number of carbonyl (C=O) groups is 2. The van der Waals surface area contributed by atoms with Gasteiger partial charge in [-0.3, -0.25) is 9.59 Å². The van der Waals surface area contributed by atoms with E-state index in [2.05, 4.69) is 5.32 Å². The molecule has 126 valence electrons. The van der Waals surface area contributed by atoms with Crippen molar-refractivity contribution in [3.63, 3.8) is 0 Å². The summed E-state index contributed by atoms with van der Waals surface area (Å²) >= 11 is 0. The third kappa shape index (κ3) is 4.10. The van der Waals surface area contributed by atoms with Crippen molar-refractivity contribution < 1.29 is 14.7 Å². The number of aryl methyl sites for hydroxylation is 2. The minimum Gasteiger partial charge on any atom is -0.396 e. The molecular weight excluding hydrogens is 292 g/mol. The predicted octanol–water partition coefficient (Wildman–Crippen LogP) is 1.98. The van der Waals surface area contributed by atoms with Crippen LogP contribution < -0.4 is 5.32 Å². The molecule has 0 aromatic heterocycles. The number of para-hydroxylation sites is 1. The number of rotatable bonds is 4. The maximum Gasteiger partial charge on any atom is 0.313 e. The molecule has 1 aliphatic heterocycles. The molecule has 1 saturated heterocycles. The minimum absolute atomic E-state index is 0.0596. The zero-order chi connectivity index (χ0) is 16.8. The molecule has 23 heavy (non-hydrogen) atoms. The number of carbonyl (C=O) groups excluding carboxylic acids is 2. The van der Waals surface area contributed by atoms with Crippen LogP contribution in [0.1, 0.15) is 37.8 Å². The molecule has 0 bridgehead atoms. The number of hydrogen-bond acceptors (Lipinski definition) is 3. The van der Waals surface area contributed by atoms with E-state index in [0.29, 0.717) is 13.1 Å². The first-order chi connectivity index (χ1) is 11.1. The van der Waals surface area contributed by atoms with Crippen LogP contribution in [0.25, 0.3) is 0 Å². The van der Waals surface area contributed by atoms with Crippen LogP contribution in [-0.4, -0.2) is 41.5 Å². The highest BCUT2D eigenvalue weighted by Gasteiger charge is 2.28. The van der Waals surface area contributed by atoms with E-state index in [1.54, 1.807) is 4.90 Å². The molecule has 2 amide bonds. The Morgan fingerprint density at radius 1 is 1.26 bits per heavy atom. The molecule has 0 aliphatic carbocycles. The van der Waals surface area contributed by atoms with Gasteiger partial charge in [0.05, 0.1) is 0 Å². The Morgan fingerprint density at radius 3 is 2.48 bits per heavy atom. The lowest BCUT2D eigenvalue weighted by Gasteiger charge is -2.31. The Balaban J connectivity index is 2.11. The molecule has 1 heterocycles. The standard InChI is InChI=1S/C18H26N2O3/c1-3-14-8-5-9-15(4-2)16(14)19-17(22)18(23)20-10-6-7-13(11-20)12-21/h5,8-9,13,21H,3-4,6-7,10-12H2,1-2H3,(H,19,22). The SMILES string of the molecule is CCc1cccc(CC)c1NC(=O)C(=O)N1CCCC(CO)C1. The van der Waals surface area contributed by atoms with Gasteiger partial charge in [0.2, 0.25) is 0 Å². The summed E-state index contributed by atoms with van der Waals surface area (Å²) in [5.41, 5.74) is 2.85. The second-order valence-corrected chi connectivity index (χ2v) is 6.05. The Hall–Kier alpha value is -1.88. The van der Waals surface area contributed by atoms with Gasteiger partial charge in [0.15, 0.2) is 0 Å². The number of aliphatic hydroxyl groups is 1. The van der Waals surface area contributed by atoms with E-state index in [-0.39, 0.29) is 12.5 Å². The molecule has 1 aliphatic rings. The number of aliphatic hydroxyl groups excluding tert-OH is 1. The van der Waals surface area contributed by atoms with Gasteiger partial charge in [-0.1, -0.05) is 32.0 Å². The minimum atomic E-state index is -0.584. The van der Waals surface area contributed by atoms with E-state index in [4.69, 9.17) is 0 Å². The normalized spacial score (nSPS) is 17.9. The zero-order valence-corrected chi connectivity index (χ0v) is 14.0. The topological polar surface area (TPSA) is 69.6 Å². The van der Waals surface area contributed by atoms with Crippen LogP contribution in [0, 0.1) is 5.92 Å². The summed E-state index contributed by atoms with van der Waals surface area (Å²) in [5, 5.41) is 12.1. The predicted molar refractivity (Wildman–Crippen MR) is 90.2 cm³/mol. The summed E-state index contributed by atoms with van der Waals surface area (Å²) in [6.07, 6.45) is 3.33. The van der Waals surface area contributed by atoms with E-state index in [1.165, 1.54) is 0 Å². The van der Waals surface area contributed by atoms with Crippen molar-refractivity contribution in [3.05, 3.63) is 29.3 Å². The molecular formula is C18H26N2O3. The van der Waals surface area contributed by atoms with Gasteiger partial charge in [0.1, 0.15) is 0 Å². The van der Waals surface area contributed by atoms with Gasteiger partial charge in [-0.15, -0.1) is 0 Å². The van der Waals surface area contributed by atoms with E-state index in [0.717, 1.165) is 42.5 Å². The van der Waals surface area contributed by atoms with E-state index >= 15 is 0 Å². The lowest BCUT2D eigenvalue weighted by molar-refractivity contribution is -0.144. The van der Waals surface area contributed by atoms with Gasteiger partial charge >= 0.3 is 11.8 Å². The first-order valence-corrected chi connectivity index (χ1v) is 8.42. The highest BCUT2D eigenvalue weighted by molar-refractivity contribution is 6.39. The number of anilines is 1. The quantitative estimate of drug-likeness (QED) is 0.834. The van der Waals surface area contributed by atoms with Gasteiger partial charge < -0.3 is 15.3 Å². The number of nitrogens with one attached hydrogen (secondary N) is 1. The van der Waals surface area contributed by atoms with Crippen molar-refractivity contribution >= 4 is 17.5 Å². The highest BCUT2D eigenvalue weighted by Crippen LogP contribution is 2.23. The van der Waals surface area contributed by atoms with E-state index in [9.17, 15) is 14.7 Å². The van der Waals surface area contributed by atoms with Crippen LogP contribution in [0.4, 0.5) is 5.69 Å². The lowest BCUT2D eigenvalue weighted by atomic mass is 9.99. The summed E-state index contributed by atoms with van der Waals surface area (Å²) < 4.78 is 0. The van der Waals surface area contributed by atoms with Gasteiger partial charge in [0.25, 0.3) is 0 Å². The molecule has 5 heteroatoms. The summed E-state index contributed by atoms with van der Waals surface area (Å²) in [6, 6.07) is 5.93. The molecule has 0 radical (unpaired) electrons. The highest BCUT2D eigenvalue weighted by atomic mass is 16.3. The number of likely N-dealkylation sites (tertiary alicyclic amines) is 1. The molecule has 0 spiro atoms. The third-order valence-electron chi connectivity index (χ3n) is 4.50. The molecule has 2 rings (SSSR count). The molecule has 1 unspecified atom stereocenters. The van der Waals surface area contributed by atoms with Crippen LogP contribution in [-0.2, 0) is 22.4 Å². The van der Waals surface area contributed by atoms with E-state index in [1.807, 2.05) is 32.0 Å². The van der Waals surface area contributed by atoms with Gasteiger partial charge in [-0.2, -0.15) is 0 Å². The number of hydrogen-bond donors (Lipinski definition) is 2. The smallest absolute Gasteiger partial charge is 0.313 e. The van der Waals surface area contributed by atoms with Crippen LogP contribution in [0.15, 0.2) is 18.2 Å². The lowest BCUT2D eigenvalue weighted by Crippen LogP contribution is -2.46. The molecule has 1 fully saturated rings. The monoisotopic (exact) mass is 318 g/mol. The number of piperidine rings is 1. The van der Waals surface area contributed by atoms with Gasteiger partial charge in [-0.05, 0) is 42.7 Å². The van der Waals surface area contributed by atoms with Crippen LogP contribution >= 0.6 is 0 Å². The Morgan fingerprint density at radius 2 is 1.91 bits per heavy atom. The van der Waals surface area contributed by atoms with Gasteiger partial charge in [0, 0.05) is 25.4 Å². The summed E-state index contributed by atoms with van der Waals surface area (Å²) in [7, 11) is 0. The Labute approximate surface area is 137 Å². The molecule has 2 N–H and O–H groups in total. The Kier molecular flexibility index (Phi) is 6.16. The molecule has 1 aromatic rings. The third-order valence-corrected chi connectivity index (χ3v) is 4.50. The second kappa shape index (κ2) is 8.11.